The maximum absolute atomic E-state index is 12.1. The van der Waals surface area contributed by atoms with Crippen LogP contribution in [-0.4, -0.2) is 28.5 Å². The number of carboxylic acid groups (broad SMARTS) is 1. The van der Waals surface area contributed by atoms with Crippen LogP contribution in [0.25, 0.3) is 22.6 Å². The molecule has 3 aromatic rings. The Balaban J connectivity index is 1.69. The van der Waals surface area contributed by atoms with Crippen LogP contribution in [-0.2, 0) is 9.59 Å². The summed E-state index contributed by atoms with van der Waals surface area (Å²) in [7, 11) is 0. The molecule has 1 fully saturated rings. The van der Waals surface area contributed by atoms with Crippen molar-refractivity contribution in [2.24, 2.45) is 5.92 Å². The van der Waals surface area contributed by atoms with Crippen LogP contribution in [0.5, 0.6) is 0 Å². The Morgan fingerprint density at radius 2 is 2.00 bits per heavy atom. The molecule has 1 atom stereocenters. The molecule has 24 heavy (non-hydrogen) atoms. The summed E-state index contributed by atoms with van der Waals surface area (Å²) in [6.45, 7) is 0.180. The van der Waals surface area contributed by atoms with E-state index in [4.69, 9.17) is 9.52 Å². The van der Waals surface area contributed by atoms with Crippen LogP contribution in [0.4, 0.5) is 5.69 Å². The minimum Gasteiger partial charge on any atom is -0.481 e. The summed E-state index contributed by atoms with van der Waals surface area (Å²) in [6.07, 6.45) is 0.0268. The second-order valence-electron chi connectivity index (χ2n) is 5.78. The van der Waals surface area contributed by atoms with Crippen LogP contribution in [0.15, 0.2) is 52.9 Å². The molecule has 4 rings (SSSR count). The molecule has 0 spiro atoms. The van der Waals surface area contributed by atoms with Gasteiger partial charge in [-0.2, -0.15) is 0 Å². The zero-order valence-corrected chi connectivity index (χ0v) is 12.7. The molecule has 0 radical (unpaired) electrons. The highest BCUT2D eigenvalue weighted by Gasteiger charge is 2.35. The van der Waals surface area contributed by atoms with Crippen LogP contribution in [0.1, 0.15) is 6.42 Å². The van der Waals surface area contributed by atoms with Gasteiger partial charge < -0.3 is 14.4 Å². The minimum absolute atomic E-state index is 0.0268. The van der Waals surface area contributed by atoms with Crippen molar-refractivity contribution < 1.29 is 19.1 Å². The number of amides is 1. The summed E-state index contributed by atoms with van der Waals surface area (Å²) in [5.41, 5.74) is 2.77. The van der Waals surface area contributed by atoms with Gasteiger partial charge in [0.25, 0.3) is 0 Å². The minimum atomic E-state index is -0.946. The zero-order valence-electron chi connectivity index (χ0n) is 12.7. The molecule has 0 saturated carbocycles. The van der Waals surface area contributed by atoms with Crippen molar-refractivity contribution in [3.63, 3.8) is 0 Å². The molecule has 1 amide bonds. The molecule has 1 aliphatic heterocycles. The Labute approximate surface area is 137 Å². The molecule has 2 heterocycles. The quantitative estimate of drug-likeness (QED) is 0.801. The fourth-order valence-corrected chi connectivity index (χ4v) is 2.91. The van der Waals surface area contributed by atoms with Gasteiger partial charge in [0, 0.05) is 30.3 Å². The monoisotopic (exact) mass is 322 g/mol. The van der Waals surface area contributed by atoms with E-state index in [1.807, 2.05) is 30.3 Å². The number of carbonyl (C=O) groups is 2. The Morgan fingerprint density at radius 1 is 1.21 bits per heavy atom. The van der Waals surface area contributed by atoms with Crippen LogP contribution in [0.3, 0.4) is 0 Å². The van der Waals surface area contributed by atoms with Crippen molar-refractivity contribution in [3.8, 4) is 11.5 Å². The number of aromatic nitrogens is 1. The molecule has 6 nitrogen and oxygen atoms in total. The van der Waals surface area contributed by atoms with Gasteiger partial charge in [0.05, 0.1) is 5.92 Å². The predicted octanol–water partition coefficient (Wildman–Crippen LogP) is 2.93. The second kappa shape index (κ2) is 5.49. The molecule has 1 N–H and O–H groups in total. The average molecular weight is 322 g/mol. The normalized spacial score (nSPS) is 17.6. The van der Waals surface area contributed by atoms with Crippen molar-refractivity contribution in [2.75, 3.05) is 11.4 Å². The van der Waals surface area contributed by atoms with Crippen molar-refractivity contribution in [2.45, 2.75) is 6.42 Å². The second-order valence-corrected chi connectivity index (χ2v) is 5.78. The predicted molar refractivity (Wildman–Crippen MR) is 87.5 cm³/mol. The van der Waals surface area contributed by atoms with E-state index in [0.29, 0.717) is 22.7 Å². The third kappa shape index (κ3) is 2.42. The first-order valence-corrected chi connectivity index (χ1v) is 7.61. The summed E-state index contributed by atoms with van der Waals surface area (Å²) in [5, 5.41) is 9.09. The number of anilines is 1. The molecule has 2 aromatic carbocycles. The van der Waals surface area contributed by atoms with E-state index in [2.05, 4.69) is 4.98 Å². The van der Waals surface area contributed by atoms with E-state index in [9.17, 15) is 9.59 Å². The smallest absolute Gasteiger partial charge is 0.308 e. The number of carboxylic acids is 1. The van der Waals surface area contributed by atoms with E-state index >= 15 is 0 Å². The Morgan fingerprint density at radius 3 is 2.71 bits per heavy atom. The van der Waals surface area contributed by atoms with E-state index < -0.39 is 11.9 Å². The van der Waals surface area contributed by atoms with Crippen LogP contribution in [0, 0.1) is 5.92 Å². The molecular weight excluding hydrogens is 308 g/mol. The van der Waals surface area contributed by atoms with Crippen molar-refractivity contribution >= 4 is 28.7 Å². The summed E-state index contributed by atoms with van der Waals surface area (Å²) in [4.78, 5) is 29.1. The zero-order chi connectivity index (χ0) is 16.7. The number of benzene rings is 2. The van der Waals surface area contributed by atoms with Gasteiger partial charge in [0.2, 0.25) is 11.8 Å². The number of hydrogen-bond acceptors (Lipinski definition) is 4. The topological polar surface area (TPSA) is 83.6 Å². The lowest BCUT2D eigenvalue weighted by Gasteiger charge is -2.15. The number of hydrogen-bond donors (Lipinski definition) is 1. The number of oxazole rings is 1. The van der Waals surface area contributed by atoms with Gasteiger partial charge in [0.1, 0.15) is 5.52 Å². The van der Waals surface area contributed by atoms with Gasteiger partial charge in [-0.25, -0.2) is 4.98 Å². The Bertz CT molecular complexity index is 933. The van der Waals surface area contributed by atoms with E-state index in [-0.39, 0.29) is 18.9 Å². The third-order valence-electron chi connectivity index (χ3n) is 4.18. The fraction of sp³-hybridized carbons (Fsp3) is 0.167. The molecule has 1 aliphatic rings. The van der Waals surface area contributed by atoms with Gasteiger partial charge in [-0.3, -0.25) is 9.59 Å². The lowest BCUT2D eigenvalue weighted by atomic mass is 10.1. The number of fused-ring (bicyclic) bond motifs is 1. The first-order valence-electron chi connectivity index (χ1n) is 7.61. The number of carbonyl (C=O) groups excluding carboxylic acids is 1. The highest BCUT2D eigenvalue weighted by atomic mass is 16.4. The lowest BCUT2D eigenvalue weighted by molar-refractivity contribution is -0.141. The average Bonchev–Trinajstić information content (AvgIpc) is 3.18. The van der Waals surface area contributed by atoms with Gasteiger partial charge in [-0.05, 0) is 24.3 Å². The van der Waals surface area contributed by atoms with Gasteiger partial charge in [0.15, 0.2) is 5.58 Å². The van der Waals surface area contributed by atoms with Crippen molar-refractivity contribution in [3.05, 3.63) is 48.5 Å². The van der Waals surface area contributed by atoms with E-state index in [0.717, 1.165) is 5.56 Å². The van der Waals surface area contributed by atoms with Crippen LogP contribution in [0.2, 0.25) is 0 Å². The van der Waals surface area contributed by atoms with E-state index in [1.165, 1.54) is 4.90 Å². The lowest BCUT2D eigenvalue weighted by Crippen LogP contribution is -2.25. The van der Waals surface area contributed by atoms with Crippen molar-refractivity contribution in [1.82, 2.24) is 4.98 Å². The van der Waals surface area contributed by atoms with Gasteiger partial charge in [-0.15, -0.1) is 0 Å². The number of rotatable bonds is 3. The van der Waals surface area contributed by atoms with Crippen molar-refractivity contribution in [1.29, 1.82) is 0 Å². The summed E-state index contributed by atoms with van der Waals surface area (Å²) >= 11 is 0. The molecular formula is C18H14N2O4. The Hall–Kier alpha value is -3.15. The molecule has 1 aromatic heterocycles. The van der Waals surface area contributed by atoms with E-state index in [1.54, 1.807) is 18.2 Å². The number of nitrogens with zero attached hydrogens (tertiary/aromatic N) is 2. The molecule has 6 heteroatoms. The summed E-state index contributed by atoms with van der Waals surface area (Å²) in [5.74, 6) is -1.29. The summed E-state index contributed by atoms with van der Waals surface area (Å²) < 4.78 is 5.80. The van der Waals surface area contributed by atoms with Crippen LogP contribution >= 0.6 is 0 Å². The highest BCUT2D eigenvalue weighted by Crippen LogP contribution is 2.30. The highest BCUT2D eigenvalue weighted by molar-refractivity contribution is 6.00. The number of aliphatic carboxylic acids is 1. The first kappa shape index (κ1) is 14.4. The molecule has 120 valence electrons. The largest absolute Gasteiger partial charge is 0.481 e. The maximum Gasteiger partial charge on any atom is 0.308 e. The first-order chi connectivity index (χ1) is 11.6. The standard InChI is InChI=1S/C18H14N2O4/c21-16-8-12(18(22)23)10-20(16)13-6-7-14-15(9-13)24-17(19-14)11-4-2-1-3-5-11/h1-7,9,12H,8,10H2,(H,22,23)/t12-/m1/s1. The molecule has 0 aliphatic carbocycles. The molecule has 0 unspecified atom stereocenters. The fourth-order valence-electron chi connectivity index (χ4n) is 2.91. The third-order valence-corrected chi connectivity index (χ3v) is 4.18. The SMILES string of the molecule is O=C(O)[C@@H]1CC(=O)N(c2ccc3nc(-c4ccccc4)oc3c2)C1. The van der Waals surface area contributed by atoms with Crippen LogP contribution < -0.4 is 4.90 Å². The summed E-state index contributed by atoms with van der Waals surface area (Å²) in [6, 6.07) is 14.8. The molecule has 0 bridgehead atoms. The van der Waals surface area contributed by atoms with Gasteiger partial charge in [-0.1, -0.05) is 18.2 Å². The molecule has 1 saturated heterocycles. The Kier molecular flexibility index (Phi) is 3.30. The maximum atomic E-state index is 12.1. The van der Waals surface area contributed by atoms with Gasteiger partial charge >= 0.3 is 5.97 Å².